The lowest BCUT2D eigenvalue weighted by atomic mass is 9.97. The van der Waals surface area contributed by atoms with E-state index in [1.165, 1.54) is 11.3 Å². The molecule has 3 heterocycles. The first-order chi connectivity index (χ1) is 15.6. The van der Waals surface area contributed by atoms with Crippen molar-refractivity contribution in [2.24, 2.45) is 5.92 Å². The van der Waals surface area contributed by atoms with Crippen molar-refractivity contribution < 1.29 is 14.3 Å². The number of hydrogen-bond acceptors (Lipinski definition) is 6. The van der Waals surface area contributed by atoms with Gasteiger partial charge in [0.15, 0.2) is 6.61 Å². The number of pyridine rings is 1. The number of aromatic nitrogens is 2. The average molecular weight is 451 g/mol. The van der Waals surface area contributed by atoms with Crippen molar-refractivity contribution in [1.82, 2.24) is 20.2 Å². The van der Waals surface area contributed by atoms with Gasteiger partial charge in [-0.15, -0.1) is 11.3 Å². The molecule has 2 aromatic heterocycles. The van der Waals surface area contributed by atoms with E-state index in [2.05, 4.69) is 15.3 Å². The smallest absolute Gasteiger partial charge is 0.260 e. The van der Waals surface area contributed by atoms with Crippen molar-refractivity contribution in [3.05, 3.63) is 64.7 Å². The normalized spacial score (nSPS) is 15.9. The van der Waals surface area contributed by atoms with Gasteiger partial charge in [-0.3, -0.25) is 14.6 Å². The summed E-state index contributed by atoms with van der Waals surface area (Å²) in [4.78, 5) is 35.9. The van der Waals surface area contributed by atoms with Gasteiger partial charge in [-0.1, -0.05) is 18.2 Å². The van der Waals surface area contributed by atoms with Crippen LogP contribution in [0.5, 0.6) is 5.75 Å². The molecular formula is C24H26N4O3S. The molecule has 2 amide bonds. The number of likely N-dealkylation sites (tertiary alicyclic amines) is 1. The summed E-state index contributed by atoms with van der Waals surface area (Å²) in [5, 5.41) is 5.80. The first-order valence-electron chi connectivity index (χ1n) is 10.7. The van der Waals surface area contributed by atoms with Gasteiger partial charge in [0.25, 0.3) is 5.91 Å². The number of hydrogen-bond donors (Lipinski definition) is 1. The van der Waals surface area contributed by atoms with Gasteiger partial charge in [0.1, 0.15) is 10.8 Å². The maximum absolute atomic E-state index is 12.7. The summed E-state index contributed by atoms with van der Waals surface area (Å²) >= 11 is 1.51. The predicted octanol–water partition coefficient (Wildman–Crippen LogP) is 3.45. The van der Waals surface area contributed by atoms with Gasteiger partial charge in [0.2, 0.25) is 5.91 Å². The van der Waals surface area contributed by atoms with Gasteiger partial charge >= 0.3 is 0 Å². The lowest BCUT2D eigenvalue weighted by Gasteiger charge is -2.32. The molecule has 7 nitrogen and oxygen atoms in total. The van der Waals surface area contributed by atoms with Crippen LogP contribution in [-0.4, -0.2) is 46.4 Å². The molecule has 1 aliphatic heterocycles. The number of para-hydroxylation sites is 1. The minimum atomic E-state index is -0.217. The SMILES string of the molecule is Cc1ccc(-c2csc(CNC(=O)[C@H]3CCCN(C(=O)COc4ccccc4)C3)n2)cn1. The Hall–Kier alpha value is -3.26. The standard InChI is InChI=1S/C24H26N4O3S/c1-17-9-10-18(12-25-17)21-16-32-22(27-21)13-26-24(30)19-6-5-11-28(14-19)23(29)15-31-20-7-3-2-4-8-20/h2-4,7-10,12,16,19H,5-6,11,13-15H2,1H3,(H,26,30)/t19-/m0/s1. The molecule has 1 aliphatic rings. The van der Waals surface area contributed by atoms with E-state index in [4.69, 9.17) is 4.74 Å². The fraction of sp³-hybridized carbons (Fsp3) is 0.333. The number of piperidine rings is 1. The molecule has 0 spiro atoms. The second-order valence-corrected chi connectivity index (χ2v) is 8.76. The van der Waals surface area contributed by atoms with Crippen LogP contribution in [0.3, 0.4) is 0 Å². The van der Waals surface area contributed by atoms with Crippen molar-refractivity contribution >= 4 is 23.2 Å². The van der Waals surface area contributed by atoms with Crippen LogP contribution >= 0.6 is 11.3 Å². The summed E-state index contributed by atoms with van der Waals surface area (Å²) < 4.78 is 5.56. The second-order valence-electron chi connectivity index (χ2n) is 7.81. The Balaban J connectivity index is 1.26. The quantitative estimate of drug-likeness (QED) is 0.596. The van der Waals surface area contributed by atoms with Crippen LogP contribution < -0.4 is 10.1 Å². The zero-order valence-corrected chi connectivity index (χ0v) is 18.8. The number of aryl methyl sites for hydroxylation is 1. The zero-order chi connectivity index (χ0) is 22.3. The molecule has 0 radical (unpaired) electrons. The maximum atomic E-state index is 12.7. The Labute approximate surface area is 191 Å². The predicted molar refractivity (Wildman–Crippen MR) is 123 cm³/mol. The first kappa shape index (κ1) is 22.0. The minimum absolute atomic E-state index is 0.0197. The number of nitrogens with zero attached hydrogens (tertiary/aromatic N) is 3. The van der Waals surface area contributed by atoms with Gasteiger partial charge in [-0.05, 0) is 44.0 Å². The van der Waals surface area contributed by atoms with Gasteiger partial charge < -0.3 is 15.0 Å². The zero-order valence-electron chi connectivity index (χ0n) is 18.0. The van der Waals surface area contributed by atoms with E-state index in [1.807, 2.05) is 61.0 Å². The first-order valence-corrected chi connectivity index (χ1v) is 11.6. The Kier molecular flexibility index (Phi) is 7.11. The average Bonchev–Trinajstić information content (AvgIpc) is 3.31. The number of rotatable bonds is 7. The number of benzene rings is 1. The molecule has 1 fully saturated rings. The van der Waals surface area contributed by atoms with E-state index in [9.17, 15) is 9.59 Å². The van der Waals surface area contributed by atoms with Gasteiger partial charge in [-0.2, -0.15) is 0 Å². The van der Waals surface area contributed by atoms with Gasteiger partial charge in [-0.25, -0.2) is 4.98 Å². The summed E-state index contributed by atoms with van der Waals surface area (Å²) in [5.41, 5.74) is 2.78. The molecule has 0 saturated carbocycles. The third-order valence-corrected chi connectivity index (χ3v) is 6.27. The van der Waals surface area contributed by atoms with E-state index >= 15 is 0 Å². The molecule has 1 atom stereocenters. The topological polar surface area (TPSA) is 84.4 Å². The third kappa shape index (κ3) is 5.70. The fourth-order valence-corrected chi connectivity index (χ4v) is 4.36. The van der Waals surface area contributed by atoms with Crippen LogP contribution in [0.2, 0.25) is 0 Å². The molecule has 1 saturated heterocycles. The van der Waals surface area contributed by atoms with Crippen LogP contribution in [0.15, 0.2) is 54.0 Å². The Bertz CT molecular complexity index is 1050. The van der Waals surface area contributed by atoms with Crippen LogP contribution in [-0.2, 0) is 16.1 Å². The molecule has 1 aromatic carbocycles. The van der Waals surface area contributed by atoms with Gasteiger partial charge in [0, 0.05) is 35.9 Å². The highest BCUT2D eigenvalue weighted by atomic mass is 32.1. The van der Waals surface area contributed by atoms with Gasteiger partial charge in [0.05, 0.1) is 18.2 Å². The molecule has 32 heavy (non-hydrogen) atoms. The second kappa shape index (κ2) is 10.4. The molecule has 8 heteroatoms. The summed E-state index contributed by atoms with van der Waals surface area (Å²) in [6.07, 6.45) is 3.38. The lowest BCUT2D eigenvalue weighted by Crippen LogP contribution is -2.46. The summed E-state index contributed by atoms with van der Waals surface area (Å²) in [6.45, 7) is 3.38. The van der Waals surface area contributed by atoms with Crippen LogP contribution in [0.4, 0.5) is 0 Å². The Morgan fingerprint density at radius 3 is 2.84 bits per heavy atom. The van der Waals surface area contributed by atoms with Crippen molar-refractivity contribution in [1.29, 1.82) is 0 Å². The number of amides is 2. The van der Waals surface area contributed by atoms with Crippen molar-refractivity contribution in [2.75, 3.05) is 19.7 Å². The van der Waals surface area contributed by atoms with Crippen molar-refractivity contribution in [3.63, 3.8) is 0 Å². The highest BCUT2D eigenvalue weighted by molar-refractivity contribution is 7.09. The Morgan fingerprint density at radius 1 is 1.22 bits per heavy atom. The lowest BCUT2D eigenvalue weighted by molar-refractivity contribution is -0.137. The summed E-state index contributed by atoms with van der Waals surface area (Å²) in [6, 6.07) is 13.2. The fourth-order valence-electron chi connectivity index (χ4n) is 3.62. The van der Waals surface area contributed by atoms with E-state index in [0.29, 0.717) is 25.4 Å². The molecule has 0 aliphatic carbocycles. The summed E-state index contributed by atoms with van der Waals surface area (Å²) in [5.74, 6) is 0.310. The molecule has 1 N–H and O–H groups in total. The van der Waals surface area contributed by atoms with Crippen LogP contribution in [0, 0.1) is 12.8 Å². The number of carbonyl (C=O) groups is 2. The van der Waals surface area contributed by atoms with E-state index < -0.39 is 0 Å². The van der Waals surface area contributed by atoms with E-state index in [-0.39, 0.29) is 24.3 Å². The molecule has 0 bridgehead atoms. The molecule has 0 unspecified atom stereocenters. The largest absolute Gasteiger partial charge is 0.484 e. The van der Waals surface area contributed by atoms with E-state index in [0.717, 1.165) is 34.8 Å². The highest BCUT2D eigenvalue weighted by Gasteiger charge is 2.28. The summed E-state index contributed by atoms with van der Waals surface area (Å²) in [7, 11) is 0. The van der Waals surface area contributed by atoms with Crippen LogP contribution in [0.1, 0.15) is 23.5 Å². The Morgan fingerprint density at radius 2 is 2.06 bits per heavy atom. The van der Waals surface area contributed by atoms with E-state index in [1.54, 1.807) is 4.90 Å². The minimum Gasteiger partial charge on any atom is -0.484 e. The number of ether oxygens (including phenoxy) is 1. The van der Waals surface area contributed by atoms with Crippen LogP contribution in [0.25, 0.3) is 11.3 Å². The highest BCUT2D eigenvalue weighted by Crippen LogP contribution is 2.22. The van der Waals surface area contributed by atoms with Crippen molar-refractivity contribution in [3.8, 4) is 17.0 Å². The van der Waals surface area contributed by atoms with Crippen molar-refractivity contribution in [2.45, 2.75) is 26.3 Å². The molecule has 166 valence electrons. The molecular weight excluding hydrogens is 424 g/mol. The molecule has 3 aromatic rings. The number of nitrogens with one attached hydrogen (secondary N) is 1. The third-order valence-electron chi connectivity index (χ3n) is 5.42. The molecule has 4 rings (SSSR count). The maximum Gasteiger partial charge on any atom is 0.260 e. The monoisotopic (exact) mass is 450 g/mol. The number of carbonyl (C=O) groups excluding carboxylic acids is 2. The number of thiazole rings is 1.